The predicted octanol–water partition coefficient (Wildman–Crippen LogP) is 5.25. The van der Waals surface area contributed by atoms with Gasteiger partial charge in [0.05, 0.1) is 0 Å². The minimum Gasteiger partial charge on any atom is -0.457 e. The molecule has 1 N–H and O–H groups in total. The van der Waals surface area contributed by atoms with Crippen LogP contribution in [0.3, 0.4) is 0 Å². The number of ether oxygens (including phenoxy) is 1. The van der Waals surface area contributed by atoms with Crippen LogP contribution in [0, 0.1) is 6.92 Å². The zero-order valence-corrected chi connectivity index (χ0v) is 21.9. The third-order valence-electron chi connectivity index (χ3n) is 7.07. The first-order chi connectivity index (χ1) is 19.0. The molecule has 200 valence electrons. The molecule has 4 aromatic heterocycles. The number of pyridine rings is 1. The molecule has 0 unspecified atom stereocenters. The molecule has 1 aromatic carbocycles. The standard InChI is InChI=1S/C27H26ClFN8O2/c1-17-13-19(4-5-22(17)39-20-7-11-36-23(14-20)30-15-32-36)34-26-24-21(8-12-37(24)33-16-31-26)18-3-2-9-35(10-6-18)27(38)25(28)29/h4-5,7-8,11-16,18,25H,2-3,6,9-10H2,1H3,(H,31,33,34)/t18-,25+/m0/s1. The first-order valence-corrected chi connectivity index (χ1v) is 13.1. The van der Waals surface area contributed by atoms with E-state index in [2.05, 4.69) is 25.5 Å². The number of carbonyl (C=O) groups is 1. The van der Waals surface area contributed by atoms with Crippen molar-refractivity contribution in [1.29, 1.82) is 0 Å². The number of aryl methyl sites for hydroxylation is 1. The molecule has 0 aliphatic carbocycles. The molecule has 1 aliphatic heterocycles. The van der Waals surface area contributed by atoms with Gasteiger partial charge in [-0.3, -0.25) is 4.79 Å². The van der Waals surface area contributed by atoms with Crippen LogP contribution in [0.4, 0.5) is 15.9 Å². The van der Waals surface area contributed by atoms with Crippen LogP contribution in [-0.2, 0) is 4.79 Å². The second-order valence-corrected chi connectivity index (χ2v) is 9.94. The summed E-state index contributed by atoms with van der Waals surface area (Å²) in [6.07, 6.45) is 9.06. The van der Waals surface area contributed by atoms with Crippen molar-refractivity contribution in [3.05, 3.63) is 72.6 Å². The monoisotopic (exact) mass is 548 g/mol. The fraction of sp³-hybridized carbons (Fsp3) is 0.296. The number of carbonyl (C=O) groups excluding carboxylic acids is 1. The van der Waals surface area contributed by atoms with Crippen LogP contribution in [0.25, 0.3) is 11.2 Å². The second kappa shape index (κ2) is 10.5. The molecule has 0 bridgehead atoms. The van der Waals surface area contributed by atoms with E-state index in [1.54, 1.807) is 15.2 Å². The van der Waals surface area contributed by atoms with Gasteiger partial charge in [-0.1, -0.05) is 11.6 Å². The second-order valence-electron chi connectivity index (χ2n) is 9.56. The lowest BCUT2D eigenvalue weighted by molar-refractivity contribution is -0.133. The number of hydrogen-bond acceptors (Lipinski definition) is 7. The summed E-state index contributed by atoms with van der Waals surface area (Å²) in [4.78, 5) is 22.3. The Kier molecular flexibility index (Phi) is 6.74. The van der Waals surface area contributed by atoms with Crippen LogP contribution in [0.5, 0.6) is 11.5 Å². The maximum atomic E-state index is 13.4. The van der Waals surface area contributed by atoms with E-state index in [9.17, 15) is 9.18 Å². The van der Waals surface area contributed by atoms with E-state index in [0.29, 0.717) is 36.7 Å². The molecule has 1 fully saturated rings. The molecular formula is C27H26ClFN8O2. The SMILES string of the molecule is Cc1cc(Nc2ncnn3ccc([C@H]4CCCN(C(=O)[C@@H](F)Cl)CC4)c23)ccc1Oc1ccn2ncnc2c1. The predicted molar refractivity (Wildman–Crippen MR) is 144 cm³/mol. The van der Waals surface area contributed by atoms with Gasteiger partial charge in [-0.05, 0) is 73.6 Å². The first-order valence-electron chi connectivity index (χ1n) is 12.7. The molecule has 1 amide bonds. The molecule has 5 aromatic rings. The molecule has 1 saturated heterocycles. The Balaban J connectivity index is 1.22. The van der Waals surface area contributed by atoms with E-state index in [1.165, 1.54) is 17.6 Å². The van der Waals surface area contributed by atoms with Crippen LogP contribution in [-0.4, -0.2) is 58.7 Å². The summed E-state index contributed by atoms with van der Waals surface area (Å²) in [6.45, 7) is 2.93. The maximum absolute atomic E-state index is 13.4. The summed E-state index contributed by atoms with van der Waals surface area (Å²) in [6, 6.07) is 11.6. The number of alkyl halides is 2. The lowest BCUT2D eigenvalue weighted by atomic mass is 9.93. The highest BCUT2D eigenvalue weighted by atomic mass is 35.5. The van der Waals surface area contributed by atoms with Crippen LogP contribution in [0.2, 0.25) is 0 Å². The van der Waals surface area contributed by atoms with E-state index < -0.39 is 11.5 Å². The molecule has 1 aliphatic rings. The van der Waals surface area contributed by atoms with E-state index in [1.807, 2.05) is 49.5 Å². The summed E-state index contributed by atoms with van der Waals surface area (Å²) < 4.78 is 23.0. The van der Waals surface area contributed by atoms with Crippen LogP contribution >= 0.6 is 11.6 Å². The largest absolute Gasteiger partial charge is 0.457 e. The molecular weight excluding hydrogens is 523 g/mol. The summed E-state index contributed by atoms with van der Waals surface area (Å²) in [5.74, 6) is 1.59. The van der Waals surface area contributed by atoms with Gasteiger partial charge >= 0.3 is 0 Å². The number of nitrogens with one attached hydrogen (secondary N) is 1. The van der Waals surface area contributed by atoms with Crippen molar-refractivity contribution < 1.29 is 13.9 Å². The molecule has 5 heterocycles. The minimum absolute atomic E-state index is 0.174. The van der Waals surface area contributed by atoms with Crippen molar-refractivity contribution in [2.24, 2.45) is 0 Å². The Morgan fingerprint density at radius 2 is 1.90 bits per heavy atom. The fourth-order valence-electron chi connectivity index (χ4n) is 5.13. The minimum atomic E-state index is -2.00. The fourth-order valence-corrected chi connectivity index (χ4v) is 5.27. The Labute approximate surface area is 228 Å². The van der Waals surface area contributed by atoms with Crippen LogP contribution in [0.1, 0.15) is 36.3 Å². The van der Waals surface area contributed by atoms with Gasteiger partial charge in [-0.15, -0.1) is 0 Å². The van der Waals surface area contributed by atoms with Crippen molar-refractivity contribution in [1.82, 2.24) is 34.1 Å². The summed E-state index contributed by atoms with van der Waals surface area (Å²) in [5, 5.41) is 11.9. The third-order valence-corrected chi connectivity index (χ3v) is 7.26. The lowest BCUT2D eigenvalue weighted by Gasteiger charge is -2.20. The van der Waals surface area contributed by atoms with Gasteiger partial charge in [-0.2, -0.15) is 10.2 Å². The topological polar surface area (TPSA) is 102 Å². The number of nitrogens with zero attached hydrogens (tertiary/aromatic N) is 7. The van der Waals surface area contributed by atoms with Gasteiger partial charge in [0.15, 0.2) is 11.5 Å². The molecule has 6 rings (SSSR count). The van der Waals surface area contributed by atoms with E-state index in [4.69, 9.17) is 16.3 Å². The Morgan fingerprint density at radius 1 is 1.08 bits per heavy atom. The van der Waals surface area contributed by atoms with E-state index >= 15 is 0 Å². The highest BCUT2D eigenvalue weighted by molar-refractivity contribution is 6.29. The number of aromatic nitrogens is 6. The molecule has 0 saturated carbocycles. The number of halogens is 2. The van der Waals surface area contributed by atoms with Crippen molar-refractivity contribution in [2.45, 2.75) is 37.7 Å². The highest BCUT2D eigenvalue weighted by Crippen LogP contribution is 2.35. The molecule has 0 radical (unpaired) electrons. The van der Waals surface area contributed by atoms with Crippen molar-refractivity contribution in [3.8, 4) is 11.5 Å². The van der Waals surface area contributed by atoms with Crippen LogP contribution < -0.4 is 10.1 Å². The van der Waals surface area contributed by atoms with Crippen molar-refractivity contribution in [2.75, 3.05) is 18.4 Å². The van der Waals surface area contributed by atoms with Gasteiger partial charge in [0.2, 0.25) is 0 Å². The third kappa shape index (κ3) is 5.09. The molecule has 2 atom stereocenters. The number of benzene rings is 1. The summed E-state index contributed by atoms with van der Waals surface area (Å²) in [7, 11) is 0. The van der Waals surface area contributed by atoms with E-state index in [0.717, 1.165) is 40.9 Å². The van der Waals surface area contributed by atoms with Gasteiger partial charge < -0.3 is 15.0 Å². The van der Waals surface area contributed by atoms with Crippen molar-refractivity contribution in [3.63, 3.8) is 0 Å². The Morgan fingerprint density at radius 3 is 2.74 bits per heavy atom. The summed E-state index contributed by atoms with van der Waals surface area (Å²) >= 11 is 5.41. The number of anilines is 2. The lowest BCUT2D eigenvalue weighted by Crippen LogP contribution is -2.36. The average Bonchev–Trinajstić information content (AvgIpc) is 3.51. The Hall–Kier alpha value is -4.25. The Bertz CT molecular complexity index is 1650. The van der Waals surface area contributed by atoms with Crippen LogP contribution in [0.15, 0.2) is 61.4 Å². The number of rotatable bonds is 6. The van der Waals surface area contributed by atoms with Gasteiger partial charge in [0.25, 0.3) is 11.5 Å². The maximum Gasteiger partial charge on any atom is 0.272 e. The number of hydrogen-bond donors (Lipinski definition) is 1. The molecule has 10 nitrogen and oxygen atoms in total. The summed E-state index contributed by atoms with van der Waals surface area (Å²) in [5.41, 5.74) is 2.48. The molecule has 39 heavy (non-hydrogen) atoms. The first kappa shape index (κ1) is 25.1. The zero-order valence-electron chi connectivity index (χ0n) is 21.2. The number of fused-ring (bicyclic) bond motifs is 2. The molecule has 0 spiro atoms. The average molecular weight is 549 g/mol. The smallest absolute Gasteiger partial charge is 0.272 e. The van der Waals surface area contributed by atoms with E-state index in [-0.39, 0.29) is 5.92 Å². The zero-order chi connectivity index (χ0) is 26.9. The number of amides is 1. The normalized spacial score (nSPS) is 16.8. The number of likely N-dealkylation sites (tertiary alicyclic amines) is 1. The van der Waals surface area contributed by atoms with Gasteiger partial charge in [-0.25, -0.2) is 23.4 Å². The quantitative estimate of drug-likeness (QED) is 0.289. The van der Waals surface area contributed by atoms with Gasteiger partial charge in [0, 0.05) is 37.2 Å². The van der Waals surface area contributed by atoms with Crippen molar-refractivity contribution >= 4 is 40.2 Å². The highest BCUT2D eigenvalue weighted by Gasteiger charge is 2.27. The van der Waals surface area contributed by atoms with Gasteiger partial charge in [0.1, 0.15) is 29.7 Å². The molecule has 12 heteroatoms.